The van der Waals surface area contributed by atoms with Gasteiger partial charge in [-0.15, -0.1) is 10.2 Å². The van der Waals surface area contributed by atoms with E-state index < -0.39 is 0 Å². The molecule has 0 radical (unpaired) electrons. The number of fused-ring (bicyclic) bond motifs is 1. The summed E-state index contributed by atoms with van der Waals surface area (Å²) in [5.41, 5.74) is 5.51. The van der Waals surface area contributed by atoms with E-state index in [2.05, 4.69) is 10.2 Å². The van der Waals surface area contributed by atoms with E-state index in [1.54, 1.807) is 0 Å². The van der Waals surface area contributed by atoms with E-state index in [0.29, 0.717) is 24.8 Å². The summed E-state index contributed by atoms with van der Waals surface area (Å²) in [7, 11) is 0. The first-order valence-corrected chi connectivity index (χ1v) is 7.39. The highest BCUT2D eigenvalue weighted by Crippen LogP contribution is 2.45. The van der Waals surface area contributed by atoms with Gasteiger partial charge in [0.15, 0.2) is 0 Å². The van der Waals surface area contributed by atoms with Crippen LogP contribution in [0.25, 0.3) is 0 Å². The Morgan fingerprint density at radius 1 is 1.06 bits per heavy atom. The molecular weight excluding hydrogens is 226 g/mol. The van der Waals surface area contributed by atoms with E-state index >= 15 is 0 Å². The van der Waals surface area contributed by atoms with Gasteiger partial charge in [-0.05, 0) is 31.1 Å². The molecule has 0 aliphatic heterocycles. The van der Waals surface area contributed by atoms with Crippen LogP contribution in [-0.4, -0.2) is 16.7 Å². The van der Waals surface area contributed by atoms with Crippen molar-refractivity contribution in [2.75, 3.05) is 6.54 Å². The molecule has 1 heterocycles. The third kappa shape index (κ3) is 2.44. The molecule has 3 atom stereocenters. The molecule has 0 amide bonds. The van der Waals surface area contributed by atoms with E-state index in [0.717, 1.165) is 17.7 Å². The highest BCUT2D eigenvalue weighted by Gasteiger charge is 2.34. The predicted molar refractivity (Wildman–Crippen MR) is 69.1 cm³/mol. The molecule has 2 saturated carbocycles. The third-order valence-corrected chi connectivity index (χ3v) is 4.73. The van der Waals surface area contributed by atoms with Gasteiger partial charge < -0.3 is 10.2 Å². The molecule has 4 nitrogen and oxygen atoms in total. The van der Waals surface area contributed by atoms with Crippen molar-refractivity contribution in [1.82, 2.24) is 10.2 Å². The maximum Gasteiger partial charge on any atom is 0.219 e. The number of hydrogen-bond donors (Lipinski definition) is 1. The fourth-order valence-electron chi connectivity index (χ4n) is 3.75. The molecule has 0 saturated heterocycles. The van der Waals surface area contributed by atoms with Crippen LogP contribution in [0.3, 0.4) is 0 Å². The summed E-state index contributed by atoms with van der Waals surface area (Å²) in [6, 6.07) is 0. The molecule has 2 aliphatic rings. The Morgan fingerprint density at radius 3 is 2.72 bits per heavy atom. The fraction of sp³-hybridized carbons (Fsp3) is 0.857. The topological polar surface area (TPSA) is 64.9 Å². The van der Waals surface area contributed by atoms with Gasteiger partial charge in [0, 0.05) is 18.9 Å². The molecule has 2 N–H and O–H groups in total. The van der Waals surface area contributed by atoms with Crippen molar-refractivity contribution in [3.8, 4) is 0 Å². The molecule has 100 valence electrons. The van der Waals surface area contributed by atoms with Crippen molar-refractivity contribution in [3.05, 3.63) is 11.8 Å². The predicted octanol–water partition coefficient (Wildman–Crippen LogP) is 2.64. The molecule has 2 fully saturated rings. The van der Waals surface area contributed by atoms with Crippen molar-refractivity contribution in [2.45, 2.75) is 57.3 Å². The highest BCUT2D eigenvalue weighted by atomic mass is 16.4. The van der Waals surface area contributed by atoms with Crippen LogP contribution in [0, 0.1) is 11.8 Å². The van der Waals surface area contributed by atoms with Crippen LogP contribution in [-0.2, 0) is 6.42 Å². The summed E-state index contributed by atoms with van der Waals surface area (Å²) >= 11 is 0. The maximum absolute atomic E-state index is 5.74. The SMILES string of the molecule is NCCc1nnc(C2CCC3CCCCC3C2)o1. The molecular formula is C14H23N3O. The quantitative estimate of drug-likeness (QED) is 0.894. The van der Waals surface area contributed by atoms with Crippen molar-refractivity contribution < 1.29 is 4.42 Å². The third-order valence-electron chi connectivity index (χ3n) is 4.73. The lowest BCUT2D eigenvalue weighted by Gasteiger charge is -2.38. The minimum Gasteiger partial charge on any atom is -0.425 e. The molecule has 18 heavy (non-hydrogen) atoms. The van der Waals surface area contributed by atoms with E-state index in [1.807, 2.05) is 0 Å². The molecule has 0 bridgehead atoms. The zero-order chi connectivity index (χ0) is 12.4. The summed E-state index contributed by atoms with van der Waals surface area (Å²) in [6.45, 7) is 0.580. The Bertz CT molecular complexity index is 390. The van der Waals surface area contributed by atoms with Crippen molar-refractivity contribution >= 4 is 0 Å². The summed E-state index contributed by atoms with van der Waals surface area (Å²) in [4.78, 5) is 0. The standard InChI is InChI=1S/C14H23N3O/c15-8-7-13-16-17-14(18-13)12-6-5-10-3-1-2-4-11(10)9-12/h10-12H,1-9,15H2. The van der Waals surface area contributed by atoms with E-state index in [9.17, 15) is 0 Å². The molecule has 1 aromatic heterocycles. The van der Waals surface area contributed by atoms with Crippen molar-refractivity contribution in [3.63, 3.8) is 0 Å². The molecule has 3 unspecified atom stereocenters. The summed E-state index contributed by atoms with van der Waals surface area (Å²) in [5.74, 6) is 3.95. The number of nitrogens with two attached hydrogens (primary N) is 1. The Hall–Kier alpha value is -0.900. The van der Waals surface area contributed by atoms with Crippen LogP contribution in [0.15, 0.2) is 4.42 Å². The zero-order valence-corrected chi connectivity index (χ0v) is 11.0. The van der Waals surface area contributed by atoms with Crippen molar-refractivity contribution in [2.24, 2.45) is 17.6 Å². The van der Waals surface area contributed by atoms with Crippen LogP contribution in [0.5, 0.6) is 0 Å². The molecule has 3 rings (SSSR count). The maximum atomic E-state index is 5.74. The van der Waals surface area contributed by atoms with Gasteiger partial charge in [0.2, 0.25) is 11.8 Å². The Morgan fingerprint density at radius 2 is 1.89 bits per heavy atom. The van der Waals surface area contributed by atoms with Gasteiger partial charge in [-0.3, -0.25) is 0 Å². The van der Waals surface area contributed by atoms with Gasteiger partial charge in [0.25, 0.3) is 0 Å². The minimum absolute atomic E-state index is 0.503. The molecule has 4 heteroatoms. The van der Waals surface area contributed by atoms with Gasteiger partial charge in [0.05, 0.1) is 0 Å². The molecule has 0 spiro atoms. The van der Waals surface area contributed by atoms with Crippen LogP contribution in [0.2, 0.25) is 0 Å². The molecule has 2 aliphatic carbocycles. The number of nitrogens with zero attached hydrogens (tertiary/aromatic N) is 2. The first-order valence-electron chi connectivity index (χ1n) is 7.39. The second-order valence-electron chi connectivity index (χ2n) is 5.89. The lowest BCUT2D eigenvalue weighted by molar-refractivity contribution is 0.145. The largest absolute Gasteiger partial charge is 0.425 e. The van der Waals surface area contributed by atoms with Crippen LogP contribution in [0.1, 0.15) is 62.6 Å². The first kappa shape index (κ1) is 12.2. The first-order chi connectivity index (χ1) is 8.86. The normalized spacial score (nSPS) is 32.2. The molecule has 1 aromatic rings. The zero-order valence-electron chi connectivity index (χ0n) is 11.0. The Balaban J connectivity index is 1.65. The Kier molecular flexibility index (Phi) is 3.64. The number of rotatable bonds is 3. The smallest absolute Gasteiger partial charge is 0.219 e. The average Bonchev–Trinajstić information content (AvgIpc) is 2.87. The Labute approximate surface area is 108 Å². The van der Waals surface area contributed by atoms with Gasteiger partial charge in [-0.25, -0.2) is 0 Å². The second kappa shape index (κ2) is 5.39. The lowest BCUT2D eigenvalue weighted by atomic mass is 9.67. The van der Waals surface area contributed by atoms with Gasteiger partial charge >= 0.3 is 0 Å². The summed E-state index contributed by atoms with van der Waals surface area (Å²) < 4.78 is 5.74. The van der Waals surface area contributed by atoms with Gasteiger partial charge in [-0.1, -0.05) is 25.7 Å². The number of aromatic nitrogens is 2. The summed E-state index contributed by atoms with van der Waals surface area (Å²) in [6.07, 6.45) is 10.2. The molecule has 0 aromatic carbocycles. The van der Waals surface area contributed by atoms with Crippen LogP contribution < -0.4 is 5.73 Å². The highest BCUT2D eigenvalue weighted by molar-refractivity contribution is 4.97. The lowest BCUT2D eigenvalue weighted by Crippen LogP contribution is -2.26. The van der Waals surface area contributed by atoms with Crippen LogP contribution in [0.4, 0.5) is 0 Å². The fourth-order valence-corrected chi connectivity index (χ4v) is 3.75. The van der Waals surface area contributed by atoms with E-state index in [4.69, 9.17) is 10.2 Å². The van der Waals surface area contributed by atoms with Crippen molar-refractivity contribution in [1.29, 1.82) is 0 Å². The monoisotopic (exact) mass is 249 g/mol. The summed E-state index contributed by atoms with van der Waals surface area (Å²) in [5, 5.41) is 8.31. The minimum atomic E-state index is 0.503. The van der Waals surface area contributed by atoms with Gasteiger partial charge in [0.1, 0.15) is 0 Å². The van der Waals surface area contributed by atoms with E-state index in [1.165, 1.54) is 44.9 Å². The number of hydrogen-bond acceptors (Lipinski definition) is 4. The second-order valence-corrected chi connectivity index (χ2v) is 5.89. The van der Waals surface area contributed by atoms with Crippen LogP contribution >= 0.6 is 0 Å². The van der Waals surface area contributed by atoms with E-state index in [-0.39, 0.29) is 0 Å². The van der Waals surface area contributed by atoms with Gasteiger partial charge in [-0.2, -0.15) is 0 Å². The average molecular weight is 249 g/mol.